The fraction of sp³-hybridized carbons (Fsp3) is 0.333. The zero-order chi connectivity index (χ0) is 15.7. The minimum absolute atomic E-state index is 0.198. The average Bonchev–Trinajstić information content (AvgIpc) is 2.43. The van der Waals surface area contributed by atoms with Gasteiger partial charge in [0.05, 0.1) is 0 Å². The van der Waals surface area contributed by atoms with Gasteiger partial charge in [0, 0.05) is 36.1 Å². The van der Waals surface area contributed by atoms with E-state index in [1.807, 2.05) is 31.3 Å². The van der Waals surface area contributed by atoms with E-state index in [2.05, 4.69) is 20.2 Å². The van der Waals surface area contributed by atoms with Crippen molar-refractivity contribution in [3.63, 3.8) is 0 Å². The van der Waals surface area contributed by atoms with Crippen molar-refractivity contribution < 1.29 is 0 Å². The van der Waals surface area contributed by atoms with Crippen LogP contribution in [-0.4, -0.2) is 36.1 Å². The maximum atomic E-state index is 6.25. The second-order valence-electron chi connectivity index (χ2n) is 5.43. The van der Waals surface area contributed by atoms with E-state index >= 15 is 0 Å². The number of hydrogen-bond donors (Lipinski definition) is 3. The van der Waals surface area contributed by atoms with Crippen molar-refractivity contribution >= 4 is 29.2 Å². The molecule has 0 unspecified atom stereocenters. The number of nitrogens with zero attached hydrogens (tertiary/aromatic N) is 3. The van der Waals surface area contributed by atoms with Crippen molar-refractivity contribution in [3.8, 4) is 0 Å². The zero-order valence-corrected chi connectivity index (χ0v) is 13.1. The van der Waals surface area contributed by atoms with E-state index in [9.17, 15) is 0 Å². The summed E-state index contributed by atoms with van der Waals surface area (Å²) >= 11 is 6.25. The van der Waals surface area contributed by atoms with Crippen LogP contribution >= 0.6 is 11.6 Å². The van der Waals surface area contributed by atoms with Crippen molar-refractivity contribution in [3.05, 3.63) is 40.4 Å². The Labute approximate surface area is 134 Å². The van der Waals surface area contributed by atoms with Gasteiger partial charge >= 0.3 is 0 Å². The van der Waals surface area contributed by atoms with Gasteiger partial charge in [-0.05, 0) is 18.7 Å². The maximum Gasteiger partial charge on any atom is 0.223 e. The van der Waals surface area contributed by atoms with Gasteiger partial charge in [-0.1, -0.05) is 29.8 Å². The van der Waals surface area contributed by atoms with Crippen molar-refractivity contribution in [2.24, 2.45) is 0 Å². The lowest BCUT2D eigenvalue weighted by Crippen LogP contribution is -2.57. The number of nitrogens with one attached hydrogen (secondary N) is 1. The second kappa shape index (κ2) is 5.98. The Morgan fingerprint density at radius 3 is 2.68 bits per heavy atom. The quantitative estimate of drug-likeness (QED) is 0.786. The van der Waals surface area contributed by atoms with Gasteiger partial charge in [0.25, 0.3) is 0 Å². The lowest BCUT2D eigenvalue weighted by molar-refractivity contribution is 0.446. The van der Waals surface area contributed by atoms with Crippen LogP contribution in [0.3, 0.4) is 0 Å². The van der Waals surface area contributed by atoms with Crippen molar-refractivity contribution in [2.45, 2.75) is 12.5 Å². The SMILES string of the molecule is CNC1CN(c2nc(N)nc(N)c2Cc2ccccc2Cl)C1. The van der Waals surface area contributed by atoms with Gasteiger partial charge in [0.15, 0.2) is 0 Å². The summed E-state index contributed by atoms with van der Waals surface area (Å²) in [5, 5.41) is 3.95. The molecule has 1 saturated heterocycles. The molecule has 0 atom stereocenters. The molecular formula is C15H19ClN6. The summed E-state index contributed by atoms with van der Waals surface area (Å²) in [5.41, 5.74) is 13.7. The fourth-order valence-electron chi connectivity index (χ4n) is 2.60. The van der Waals surface area contributed by atoms with Gasteiger partial charge in [0.2, 0.25) is 5.95 Å². The summed E-state index contributed by atoms with van der Waals surface area (Å²) in [6.45, 7) is 1.75. The third-order valence-electron chi connectivity index (χ3n) is 3.95. The highest BCUT2D eigenvalue weighted by Crippen LogP contribution is 2.31. The molecule has 2 heterocycles. The van der Waals surface area contributed by atoms with E-state index < -0.39 is 0 Å². The van der Waals surface area contributed by atoms with Crippen molar-refractivity contribution in [1.29, 1.82) is 0 Å². The number of rotatable bonds is 4. The number of nitrogen functional groups attached to an aromatic ring is 2. The molecule has 0 saturated carbocycles. The second-order valence-corrected chi connectivity index (χ2v) is 5.84. The number of nitrogens with two attached hydrogens (primary N) is 2. The Morgan fingerprint density at radius 2 is 2.00 bits per heavy atom. The predicted molar refractivity (Wildman–Crippen MR) is 90.2 cm³/mol. The first-order valence-corrected chi connectivity index (χ1v) is 7.53. The summed E-state index contributed by atoms with van der Waals surface area (Å²) in [6.07, 6.45) is 0.585. The van der Waals surface area contributed by atoms with Crippen LogP contribution in [0.1, 0.15) is 11.1 Å². The normalized spacial score (nSPS) is 14.9. The molecule has 1 aromatic carbocycles. The van der Waals surface area contributed by atoms with E-state index in [4.69, 9.17) is 23.1 Å². The number of benzene rings is 1. The van der Waals surface area contributed by atoms with Gasteiger partial charge in [-0.3, -0.25) is 0 Å². The highest BCUT2D eigenvalue weighted by atomic mass is 35.5. The summed E-state index contributed by atoms with van der Waals surface area (Å²) in [4.78, 5) is 10.6. The molecule has 22 heavy (non-hydrogen) atoms. The fourth-order valence-corrected chi connectivity index (χ4v) is 2.81. The Bertz CT molecular complexity index is 684. The van der Waals surface area contributed by atoms with Crippen LogP contribution in [0.15, 0.2) is 24.3 Å². The highest BCUT2D eigenvalue weighted by molar-refractivity contribution is 6.31. The van der Waals surface area contributed by atoms with Crippen LogP contribution in [0.4, 0.5) is 17.6 Å². The topological polar surface area (TPSA) is 93.1 Å². The first kappa shape index (κ1) is 14.9. The van der Waals surface area contributed by atoms with Gasteiger partial charge in [-0.15, -0.1) is 0 Å². The molecule has 5 N–H and O–H groups in total. The van der Waals surface area contributed by atoms with E-state index in [0.29, 0.717) is 23.3 Å². The first-order valence-electron chi connectivity index (χ1n) is 7.16. The van der Waals surface area contributed by atoms with E-state index in [1.54, 1.807) is 0 Å². The van der Waals surface area contributed by atoms with Crippen LogP contribution < -0.4 is 21.7 Å². The van der Waals surface area contributed by atoms with Crippen molar-refractivity contribution in [2.75, 3.05) is 36.5 Å². The third kappa shape index (κ3) is 2.80. The lowest BCUT2D eigenvalue weighted by Gasteiger charge is -2.41. The van der Waals surface area contributed by atoms with Gasteiger partial charge in [-0.25, -0.2) is 0 Å². The molecule has 116 valence electrons. The molecular weight excluding hydrogens is 300 g/mol. The van der Waals surface area contributed by atoms with E-state index in [0.717, 1.165) is 30.0 Å². The molecule has 3 rings (SSSR count). The predicted octanol–water partition coefficient (Wildman–Crippen LogP) is 1.29. The highest BCUT2D eigenvalue weighted by Gasteiger charge is 2.29. The number of likely N-dealkylation sites (N-methyl/N-ethyl adjacent to an activating group) is 1. The zero-order valence-electron chi connectivity index (χ0n) is 12.4. The number of aromatic nitrogens is 2. The summed E-state index contributed by atoms with van der Waals surface area (Å²) in [7, 11) is 1.95. The van der Waals surface area contributed by atoms with E-state index in [1.165, 1.54) is 0 Å². The molecule has 1 fully saturated rings. The van der Waals surface area contributed by atoms with Gasteiger partial charge in [-0.2, -0.15) is 9.97 Å². The first-order chi connectivity index (χ1) is 10.6. The number of halogens is 1. The smallest absolute Gasteiger partial charge is 0.223 e. The number of hydrogen-bond acceptors (Lipinski definition) is 6. The maximum absolute atomic E-state index is 6.25. The molecule has 0 amide bonds. The van der Waals surface area contributed by atoms with Gasteiger partial charge < -0.3 is 21.7 Å². The van der Waals surface area contributed by atoms with Gasteiger partial charge in [0.1, 0.15) is 11.6 Å². The standard InChI is InChI=1S/C15H19ClN6/c1-19-10-7-22(8-10)14-11(13(17)20-15(18)21-14)6-9-4-2-3-5-12(9)16/h2-5,10,19H,6-8H2,1H3,(H4,17,18,20,21). The molecule has 1 aliphatic rings. The molecule has 6 nitrogen and oxygen atoms in total. The monoisotopic (exact) mass is 318 g/mol. The minimum atomic E-state index is 0.198. The Hall–Kier alpha value is -2.05. The Morgan fingerprint density at radius 1 is 1.27 bits per heavy atom. The molecule has 0 bridgehead atoms. The average molecular weight is 319 g/mol. The molecule has 7 heteroatoms. The van der Waals surface area contributed by atoms with Crippen LogP contribution in [0.25, 0.3) is 0 Å². The molecule has 0 spiro atoms. The Kier molecular flexibility index (Phi) is 4.04. The molecule has 1 aromatic heterocycles. The van der Waals surface area contributed by atoms with Crippen LogP contribution in [0.2, 0.25) is 5.02 Å². The van der Waals surface area contributed by atoms with Crippen LogP contribution in [-0.2, 0) is 6.42 Å². The lowest BCUT2D eigenvalue weighted by atomic mass is 10.0. The van der Waals surface area contributed by atoms with Crippen LogP contribution in [0, 0.1) is 0 Å². The number of anilines is 3. The summed E-state index contributed by atoms with van der Waals surface area (Å²) < 4.78 is 0. The Balaban J connectivity index is 1.94. The van der Waals surface area contributed by atoms with E-state index in [-0.39, 0.29) is 5.95 Å². The molecule has 0 radical (unpaired) electrons. The summed E-state index contributed by atoms with van der Waals surface area (Å²) in [6, 6.07) is 8.17. The van der Waals surface area contributed by atoms with Crippen molar-refractivity contribution in [1.82, 2.24) is 15.3 Å². The molecule has 1 aliphatic heterocycles. The summed E-state index contributed by atoms with van der Waals surface area (Å²) in [5.74, 6) is 1.41. The molecule has 0 aliphatic carbocycles. The third-order valence-corrected chi connectivity index (χ3v) is 4.32. The largest absolute Gasteiger partial charge is 0.383 e. The van der Waals surface area contributed by atoms with Crippen LogP contribution in [0.5, 0.6) is 0 Å². The minimum Gasteiger partial charge on any atom is -0.383 e. The molecule has 2 aromatic rings.